The number of amides is 3. The molecule has 1 saturated heterocycles. The molecule has 1 heterocycles. The topological polar surface area (TPSA) is 75.7 Å². The molecule has 2 fully saturated rings. The fraction of sp³-hybridized carbons (Fsp3) is 0.786. The van der Waals surface area contributed by atoms with Crippen LogP contribution in [0.3, 0.4) is 0 Å². The van der Waals surface area contributed by atoms with E-state index in [0.717, 1.165) is 30.6 Å². The number of ether oxygens (including phenoxy) is 1. The summed E-state index contributed by atoms with van der Waals surface area (Å²) in [6, 6.07) is -0.136. The molecule has 6 heteroatoms. The normalized spacial score (nSPS) is 27.4. The highest BCUT2D eigenvalue weighted by atomic mass is 16.5. The molecule has 3 atom stereocenters. The Hall–Kier alpha value is -1.43. The van der Waals surface area contributed by atoms with E-state index >= 15 is 0 Å². The molecule has 0 bridgehead atoms. The zero-order valence-corrected chi connectivity index (χ0v) is 12.1. The molecule has 2 aliphatic rings. The van der Waals surface area contributed by atoms with Crippen molar-refractivity contribution in [2.75, 3.05) is 20.3 Å². The molecule has 1 saturated carbocycles. The Bertz CT molecular complexity index is 386. The second kappa shape index (κ2) is 6.35. The third kappa shape index (κ3) is 3.00. The third-order valence-corrected chi connectivity index (χ3v) is 4.06. The van der Waals surface area contributed by atoms with Crippen LogP contribution in [0.5, 0.6) is 0 Å². The van der Waals surface area contributed by atoms with Crippen molar-refractivity contribution in [2.45, 2.75) is 38.6 Å². The van der Waals surface area contributed by atoms with Gasteiger partial charge in [-0.2, -0.15) is 0 Å². The van der Waals surface area contributed by atoms with Crippen LogP contribution in [-0.4, -0.2) is 48.9 Å². The average Bonchev–Trinajstić information content (AvgIpc) is 2.65. The summed E-state index contributed by atoms with van der Waals surface area (Å²) in [5.74, 6) is -1.04. The predicted molar refractivity (Wildman–Crippen MR) is 71.6 cm³/mol. The first-order chi connectivity index (χ1) is 9.54. The van der Waals surface area contributed by atoms with E-state index in [4.69, 9.17) is 4.74 Å². The molecule has 2 rings (SSSR count). The summed E-state index contributed by atoms with van der Waals surface area (Å²) in [6.07, 6.45) is 3.52. The van der Waals surface area contributed by atoms with Crippen LogP contribution in [0.1, 0.15) is 32.6 Å². The van der Waals surface area contributed by atoms with Crippen LogP contribution in [0.15, 0.2) is 0 Å². The quantitative estimate of drug-likeness (QED) is 0.737. The Morgan fingerprint density at radius 1 is 1.30 bits per heavy atom. The molecule has 0 aromatic carbocycles. The maximum absolute atomic E-state index is 12.2. The predicted octanol–water partition coefficient (Wildman–Crippen LogP) is 0.313. The number of rotatable bonds is 5. The lowest BCUT2D eigenvalue weighted by atomic mass is 9.81. The van der Waals surface area contributed by atoms with Gasteiger partial charge in [-0.1, -0.05) is 12.8 Å². The van der Waals surface area contributed by atoms with Crippen LogP contribution in [0.4, 0.5) is 0 Å². The van der Waals surface area contributed by atoms with E-state index in [1.807, 2.05) is 6.92 Å². The standard InChI is InChI=1S/C14H22N2O4/c1-9(8-20-2)15-12(17)7-16-13(18)10-5-3-4-6-11(10)14(16)19/h9-11H,3-8H2,1-2H3,(H,15,17). The Kier molecular flexibility index (Phi) is 4.75. The molecule has 3 unspecified atom stereocenters. The zero-order valence-electron chi connectivity index (χ0n) is 12.1. The number of imide groups is 1. The smallest absolute Gasteiger partial charge is 0.240 e. The van der Waals surface area contributed by atoms with Gasteiger partial charge in [-0.15, -0.1) is 0 Å². The molecule has 0 spiro atoms. The number of methoxy groups -OCH3 is 1. The van der Waals surface area contributed by atoms with Gasteiger partial charge in [-0.25, -0.2) is 0 Å². The molecule has 0 radical (unpaired) electrons. The number of likely N-dealkylation sites (tertiary alicyclic amines) is 1. The van der Waals surface area contributed by atoms with Gasteiger partial charge in [0, 0.05) is 13.2 Å². The number of carbonyl (C=O) groups is 3. The maximum Gasteiger partial charge on any atom is 0.240 e. The van der Waals surface area contributed by atoms with Gasteiger partial charge in [0.25, 0.3) is 0 Å². The highest BCUT2D eigenvalue weighted by Gasteiger charge is 2.48. The van der Waals surface area contributed by atoms with E-state index in [0.29, 0.717) is 6.61 Å². The van der Waals surface area contributed by atoms with Gasteiger partial charge < -0.3 is 10.1 Å². The van der Waals surface area contributed by atoms with Crippen LogP contribution in [0, 0.1) is 11.8 Å². The van der Waals surface area contributed by atoms with Crippen LogP contribution in [0.2, 0.25) is 0 Å². The Morgan fingerprint density at radius 3 is 2.35 bits per heavy atom. The first kappa shape index (κ1) is 15.0. The van der Waals surface area contributed by atoms with Gasteiger partial charge in [0.1, 0.15) is 6.54 Å². The molecule has 112 valence electrons. The van der Waals surface area contributed by atoms with E-state index in [2.05, 4.69) is 5.32 Å². The van der Waals surface area contributed by atoms with Crippen molar-refractivity contribution in [1.29, 1.82) is 0 Å². The van der Waals surface area contributed by atoms with Gasteiger partial charge in [0.05, 0.1) is 18.4 Å². The number of fused-ring (bicyclic) bond motifs is 1. The zero-order chi connectivity index (χ0) is 14.7. The summed E-state index contributed by atoms with van der Waals surface area (Å²) in [5, 5.41) is 2.72. The van der Waals surface area contributed by atoms with E-state index < -0.39 is 0 Å². The number of carbonyl (C=O) groups excluding carboxylic acids is 3. The monoisotopic (exact) mass is 282 g/mol. The minimum absolute atomic E-state index is 0.136. The summed E-state index contributed by atoms with van der Waals surface area (Å²) in [4.78, 5) is 37.4. The van der Waals surface area contributed by atoms with E-state index in [1.165, 1.54) is 0 Å². The van der Waals surface area contributed by atoms with Crippen molar-refractivity contribution in [2.24, 2.45) is 11.8 Å². The summed E-state index contributed by atoms with van der Waals surface area (Å²) >= 11 is 0. The van der Waals surface area contributed by atoms with Crippen LogP contribution in [0.25, 0.3) is 0 Å². The van der Waals surface area contributed by atoms with E-state index in [1.54, 1.807) is 7.11 Å². The molecule has 20 heavy (non-hydrogen) atoms. The van der Waals surface area contributed by atoms with Crippen LogP contribution in [-0.2, 0) is 19.1 Å². The summed E-state index contributed by atoms with van der Waals surface area (Å²) in [5.41, 5.74) is 0. The second-order valence-electron chi connectivity index (χ2n) is 5.68. The highest BCUT2D eigenvalue weighted by molar-refractivity contribution is 6.07. The van der Waals surface area contributed by atoms with Crippen molar-refractivity contribution in [3.05, 3.63) is 0 Å². The first-order valence-corrected chi connectivity index (χ1v) is 7.18. The lowest BCUT2D eigenvalue weighted by molar-refractivity contribution is -0.143. The molecule has 1 N–H and O–H groups in total. The van der Waals surface area contributed by atoms with Crippen molar-refractivity contribution in [3.63, 3.8) is 0 Å². The fourth-order valence-corrected chi connectivity index (χ4v) is 3.14. The van der Waals surface area contributed by atoms with Gasteiger partial charge in [0.2, 0.25) is 17.7 Å². The number of nitrogens with zero attached hydrogens (tertiary/aromatic N) is 1. The largest absolute Gasteiger partial charge is 0.383 e. The Labute approximate surface area is 118 Å². The Balaban J connectivity index is 1.93. The SMILES string of the molecule is COCC(C)NC(=O)CN1C(=O)C2CCCCC2C1=O. The minimum Gasteiger partial charge on any atom is -0.383 e. The van der Waals surface area contributed by atoms with Crippen molar-refractivity contribution in [1.82, 2.24) is 10.2 Å². The molecule has 0 aromatic rings. The van der Waals surface area contributed by atoms with Crippen molar-refractivity contribution in [3.8, 4) is 0 Å². The minimum atomic E-state index is -0.310. The molecule has 0 aromatic heterocycles. The number of hydrogen-bond acceptors (Lipinski definition) is 4. The van der Waals surface area contributed by atoms with Gasteiger partial charge in [0.15, 0.2) is 0 Å². The van der Waals surface area contributed by atoms with Crippen LogP contribution >= 0.6 is 0 Å². The number of hydrogen-bond donors (Lipinski definition) is 1. The molecule has 1 aliphatic carbocycles. The maximum atomic E-state index is 12.2. The molecule has 6 nitrogen and oxygen atoms in total. The van der Waals surface area contributed by atoms with Gasteiger partial charge >= 0.3 is 0 Å². The summed E-state index contributed by atoms with van der Waals surface area (Å²) in [7, 11) is 1.56. The lowest BCUT2D eigenvalue weighted by Gasteiger charge is -2.19. The Morgan fingerprint density at radius 2 is 1.85 bits per heavy atom. The van der Waals surface area contributed by atoms with Crippen molar-refractivity contribution >= 4 is 17.7 Å². The summed E-state index contributed by atoms with van der Waals surface area (Å²) in [6.45, 7) is 2.05. The third-order valence-electron chi connectivity index (χ3n) is 4.06. The molecule has 3 amide bonds. The summed E-state index contributed by atoms with van der Waals surface area (Å²) < 4.78 is 4.93. The number of nitrogens with one attached hydrogen (secondary N) is 1. The molecular formula is C14H22N2O4. The van der Waals surface area contributed by atoms with Crippen LogP contribution < -0.4 is 5.32 Å². The first-order valence-electron chi connectivity index (χ1n) is 7.18. The van der Waals surface area contributed by atoms with E-state index in [9.17, 15) is 14.4 Å². The molecular weight excluding hydrogens is 260 g/mol. The van der Waals surface area contributed by atoms with Gasteiger partial charge in [-0.3, -0.25) is 19.3 Å². The van der Waals surface area contributed by atoms with E-state index in [-0.39, 0.29) is 42.1 Å². The molecule has 1 aliphatic heterocycles. The highest BCUT2D eigenvalue weighted by Crippen LogP contribution is 2.37. The lowest BCUT2D eigenvalue weighted by Crippen LogP contribution is -2.44. The fourth-order valence-electron chi connectivity index (χ4n) is 3.14. The average molecular weight is 282 g/mol. The van der Waals surface area contributed by atoms with Gasteiger partial charge in [-0.05, 0) is 19.8 Å². The second-order valence-corrected chi connectivity index (χ2v) is 5.68. The van der Waals surface area contributed by atoms with Crippen molar-refractivity contribution < 1.29 is 19.1 Å².